The molecule has 2 aliphatic carbocycles. The van der Waals surface area contributed by atoms with Gasteiger partial charge in [0.2, 0.25) is 0 Å². The Morgan fingerprint density at radius 3 is 2.29 bits per heavy atom. The number of fused-ring (bicyclic) bond motifs is 3. The van der Waals surface area contributed by atoms with Crippen molar-refractivity contribution >= 4 is 17.3 Å². The third-order valence-electron chi connectivity index (χ3n) is 9.24. The Hall–Kier alpha value is -2.86. The molecule has 2 aromatic carbocycles. The molecule has 0 radical (unpaired) electrons. The summed E-state index contributed by atoms with van der Waals surface area (Å²) in [6.07, 6.45) is -4.26. The number of hydrogen-bond acceptors (Lipinski definition) is 4. The molecule has 0 bridgehead atoms. The molecule has 3 heterocycles. The van der Waals surface area contributed by atoms with Crippen LogP contribution < -0.4 is 4.90 Å². The molecule has 1 aromatic heterocycles. The molecule has 2 aliphatic heterocycles. The van der Waals surface area contributed by atoms with Gasteiger partial charge in [-0.1, -0.05) is 11.6 Å². The van der Waals surface area contributed by atoms with Gasteiger partial charge in [0.25, 0.3) is 5.92 Å². The molecule has 4 aliphatic rings. The van der Waals surface area contributed by atoms with Crippen LogP contribution in [0.1, 0.15) is 61.3 Å². The van der Waals surface area contributed by atoms with Crippen LogP contribution in [0.5, 0.6) is 0 Å². The molecular formula is C28H25ClF7N5. The number of hydrogen-bond donors (Lipinski definition) is 0. The minimum atomic E-state index is -5.13. The Balaban J connectivity index is 1.12. The predicted octanol–water partition coefficient (Wildman–Crippen LogP) is 7.11. The highest BCUT2D eigenvalue weighted by molar-refractivity contribution is 6.30. The van der Waals surface area contributed by atoms with E-state index >= 15 is 0 Å². The fourth-order valence-electron chi connectivity index (χ4n) is 7.36. The standard InChI is InChI=1S/C28H25ClF7N5/c1-25(11-27(32,33)12-25)40-9-15-6-17(29)2-4-19(15)41-21(10-40)37-38-24(41)16-7-26(8-16)13-39(14-26)20-5-3-18(30)22(23(20)31)28(34,35)36/h2-6,16H,7-14H2,1H3. The summed E-state index contributed by atoms with van der Waals surface area (Å²) in [5.74, 6) is -4.55. The van der Waals surface area contributed by atoms with Gasteiger partial charge in [-0.25, -0.2) is 17.6 Å². The summed E-state index contributed by atoms with van der Waals surface area (Å²) in [6.45, 7) is 3.29. The molecule has 3 fully saturated rings. The third-order valence-corrected chi connectivity index (χ3v) is 9.48. The molecule has 0 amide bonds. The number of benzene rings is 2. The summed E-state index contributed by atoms with van der Waals surface area (Å²) in [5.41, 5.74) is -1.33. The highest BCUT2D eigenvalue weighted by atomic mass is 35.5. The van der Waals surface area contributed by atoms with E-state index in [1.807, 2.05) is 28.5 Å². The van der Waals surface area contributed by atoms with Crippen molar-refractivity contribution < 1.29 is 30.7 Å². The average molecular weight is 600 g/mol. The summed E-state index contributed by atoms with van der Waals surface area (Å²) in [5, 5.41) is 9.49. The molecule has 13 heteroatoms. The fraction of sp³-hybridized carbons (Fsp3) is 0.500. The highest BCUT2D eigenvalue weighted by Crippen LogP contribution is 2.58. The van der Waals surface area contributed by atoms with Crippen LogP contribution in [-0.2, 0) is 19.3 Å². The van der Waals surface area contributed by atoms with Crippen LogP contribution in [0.2, 0.25) is 5.02 Å². The number of nitrogens with zero attached hydrogens (tertiary/aromatic N) is 5. The van der Waals surface area contributed by atoms with E-state index in [2.05, 4.69) is 10.2 Å². The zero-order chi connectivity index (χ0) is 29.1. The van der Waals surface area contributed by atoms with Crippen LogP contribution in [0.25, 0.3) is 5.69 Å². The topological polar surface area (TPSA) is 37.2 Å². The summed E-state index contributed by atoms with van der Waals surface area (Å²) in [4.78, 5) is 3.52. The summed E-state index contributed by atoms with van der Waals surface area (Å²) in [6, 6.07) is 7.18. The molecule has 41 heavy (non-hydrogen) atoms. The first-order valence-electron chi connectivity index (χ1n) is 13.3. The van der Waals surface area contributed by atoms with E-state index in [1.54, 1.807) is 6.07 Å². The number of rotatable bonds is 3. The Bertz CT molecular complexity index is 1550. The van der Waals surface area contributed by atoms with Crippen LogP contribution >= 0.6 is 11.6 Å². The minimum Gasteiger partial charge on any atom is -0.368 e. The quantitative estimate of drug-likeness (QED) is 0.301. The van der Waals surface area contributed by atoms with Gasteiger partial charge >= 0.3 is 6.18 Å². The maximum absolute atomic E-state index is 14.7. The van der Waals surface area contributed by atoms with Gasteiger partial charge in [0, 0.05) is 54.4 Å². The van der Waals surface area contributed by atoms with E-state index in [4.69, 9.17) is 11.6 Å². The highest BCUT2D eigenvalue weighted by Gasteiger charge is 2.58. The molecule has 3 aromatic rings. The first-order valence-corrected chi connectivity index (χ1v) is 13.7. The molecule has 1 saturated heterocycles. The molecule has 218 valence electrons. The van der Waals surface area contributed by atoms with Crippen molar-refractivity contribution in [2.45, 2.75) is 69.3 Å². The monoisotopic (exact) mass is 599 g/mol. The second kappa shape index (κ2) is 8.59. The first kappa shape index (κ1) is 27.0. The summed E-state index contributed by atoms with van der Waals surface area (Å²) < 4.78 is 97.8. The smallest absolute Gasteiger partial charge is 0.368 e. The van der Waals surface area contributed by atoms with Crippen molar-refractivity contribution in [2.24, 2.45) is 5.41 Å². The average Bonchev–Trinajstić information content (AvgIpc) is 3.11. The maximum Gasteiger partial charge on any atom is 0.422 e. The van der Waals surface area contributed by atoms with E-state index in [-0.39, 0.29) is 29.9 Å². The van der Waals surface area contributed by atoms with Crippen molar-refractivity contribution in [3.05, 3.63) is 69.8 Å². The maximum atomic E-state index is 14.7. The lowest BCUT2D eigenvalue weighted by Gasteiger charge is -2.59. The molecule has 2 saturated carbocycles. The second-order valence-corrected chi connectivity index (χ2v) is 12.8. The Labute approximate surface area is 235 Å². The van der Waals surface area contributed by atoms with Crippen LogP contribution in [0.4, 0.5) is 36.4 Å². The zero-order valence-electron chi connectivity index (χ0n) is 21.9. The molecule has 7 rings (SSSR count). The lowest BCUT2D eigenvalue weighted by atomic mass is 9.57. The number of anilines is 1. The van der Waals surface area contributed by atoms with Crippen molar-refractivity contribution in [3.63, 3.8) is 0 Å². The van der Waals surface area contributed by atoms with Gasteiger partial charge in [0.05, 0.1) is 17.9 Å². The lowest BCUT2D eigenvalue weighted by molar-refractivity contribution is -0.173. The number of halogens is 8. The van der Waals surface area contributed by atoms with Crippen molar-refractivity contribution in [2.75, 3.05) is 18.0 Å². The SMILES string of the molecule is CC1(N2Cc3cc(Cl)ccc3-n3c(nnc3C3CC4(C3)CN(c3ccc(F)c(C(F)(F)F)c3F)C4)C2)CC(F)(F)C1. The minimum absolute atomic E-state index is 0.000835. The molecule has 1 spiro atoms. The van der Waals surface area contributed by atoms with Crippen LogP contribution in [0, 0.1) is 17.0 Å². The fourth-order valence-corrected chi connectivity index (χ4v) is 7.56. The van der Waals surface area contributed by atoms with E-state index in [0.29, 0.717) is 55.9 Å². The normalized spacial score (nSPS) is 22.8. The van der Waals surface area contributed by atoms with Gasteiger partial charge in [-0.05, 0) is 55.7 Å². The molecular weight excluding hydrogens is 575 g/mol. The van der Waals surface area contributed by atoms with Gasteiger partial charge in [-0.2, -0.15) is 13.2 Å². The predicted molar refractivity (Wildman–Crippen MR) is 136 cm³/mol. The largest absolute Gasteiger partial charge is 0.422 e. The van der Waals surface area contributed by atoms with Crippen molar-refractivity contribution in [1.82, 2.24) is 19.7 Å². The van der Waals surface area contributed by atoms with Gasteiger partial charge in [-0.3, -0.25) is 9.47 Å². The molecule has 5 nitrogen and oxygen atoms in total. The third kappa shape index (κ3) is 4.23. The van der Waals surface area contributed by atoms with Crippen LogP contribution in [0.3, 0.4) is 0 Å². The Morgan fingerprint density at radius 1 is 0.951 bits per heavy atom. The Kier molecular flexibility index (Phi) is 5.66. The van der Waals surface area contributed by atoms with E-state index < -0.39 is 34.8 Å². The van der Waals surface area contributed by atoms with Crippen LogP contribution in [-0.4, -0.2) is 44.2 Å². The van der Waals surface area contributed by atoms with Gasteiger partial charge in [-0.15, -0.1) is 10.2 Å². The van der Waals surface area contributed by atoms with E-state index in [9.17, 15) is 30.7 Å². The van der Waals surface area contributed by atoms with Crippen molar-refractivity contribution in [3.8, 4) is 5.69 Å². The van der Waals surface area contributed by atoms with Gasteiger partial charge in [0.1, 0.15) is 17.2 Å². The van der Waals surface area contributed by atoms with Gasteiger partial charge in [0.15, 0.2) is 11.6 Å². The molecule has 0 N–H and O–H groups in total. The van der Waals surface area contributed by atoms with Gasteiger partial charge < -0.3 is 4.90 Å². The number of alkyl halides is 5. The summed E-state index contributed by atoms with van der Waals surface area (Å²) >= 11 is 6.32. The first-order chi connectivity index (χ1) is 19.2. The summed E-state index contributed by atoms with van der Waals surface area (Å²) in [7, 11) is 0. The van der Waals surface area contributed by atoms with E-state index in [1.165, 1.54) is 4.90 Å². The number of aromatic nitrogens is 3. The Morgan fingerprint density at radius 2 is 1.63 bits per heavy atom. The second-order valence-electron chi connectivity index (χ2n) is 12.4. The zero-order valence-corrected chi connectivity index (χ0v) is 22.6. The van der Waals surface area contributed by atoms with Crippen molar-refractivity contribution in [1.29, 1.82) is 0 Å². The van der Waals surface area contributed by atoms with E-state index in [0.717, 1.165) is 23.1 Å². The molecule has 0 atom stereocenters. The molecule has 0 unspecified atom stereocenters. The lowest BCUT2D eigenvalue weighted by Crippen LogP contribution is -2.62. The van der Waals surface area contributed by atoms with Crippen LogP contribution in [0.15, 0.2) is 30.3 Å².